The maximum atomic E-state index is 12.1. The summed E-state index contributed by atoms with van der Waals surface area (Å²) in [5, 5.41) is 3.43. The van der Waals surface area contributed by atoms with Crippen LogP contribution in [0.2, 0.25) is 5.02 Å². The number of rotatable bonds is 7. The topological polar surface area (TPSA) is 88.3 Å². The summed E-state index contributed by atoms with van der Waals surface area (Å²) in [6.45, 7) is 0.290. The van der Waals surface area contributed by atoms with E-state index in [0.717, 1.165) is 21.7 Å². The van der Waals surface area contributed by atoms with E-state index in [0.29, 0.717) is 22.3 Å². The number of H-pyrrole nitrogens is 1. The number of anilines is 1. The molecule has 0 spiro atoms. The Balaban J connectivity index is 1.26. The van der Waals surface area contributed by atoms with Crippen LogP contribution in [0.1, 0.15) is 5.82 Å². The number of hydrogen-bond donors (Lipinski definition) is 3. The molecule has 0 aliphatic rings. The van der Waals surface area contributed by atoms with Crippen molar-refractivity contribution in [1.82, 2.24) is 14.7 Å². The van der Waals surface area contributed by atoms with Crippen LogP contribution in [0, 0.1) is 0 Å². The summed E-state index contributed by atoms with van der Waals surface area (Å²) in [4.78, 5) is 20.6. The summed E-state index contributed by atoms with van der Waals surface area (Å²) in [6, 6.07) is 19.7. The van der Waals surface area contributed by atoms with Gasteiger partial charge in [-0.05, 0) is 78.7 Å². The Kier molecular flexibility index (Phi) is 6.49. The lowest BCUT2D eigenvalue weighted by Gasteiger charge is -2.09. The van der Waals surface area contributed by atoms with Crippen molar-refractivity contribution in [1.29, 1.82) is 0 Å². The molecule has 2 amide bonds. The van der Waals surface area contributed by atoms with Crippen LogP contribution < -0.4 is 19.5 Å². The number of benzene rings is 3. The van der Waals surface area contributed by atoms with Crippen LogP contribution in [0.3, 0.4) is 0 Å². The Morgan fingerprint density at radius 2 is 1.81 bits per heavy atom. The molecule has 0 aliphatic carbocycles. The molecule has 0 fully saturated rings. The lowest BCUT2D eigenvalue weighted by molar-refractivity contribution is 0.257. The molecule has 158 valence electrons. The lowest BCUT2D eigenvalue weighted by atomic mass is 10.3. The number of methoxy groups -OCH3 is 1. The van der Waals surface area contributed by atoms with E-state index in [9.17, 15) is 4.79 Å². The molecule has 1 aromatic heterocycles. The van der Waals surface area contributed by atoms with Crippen molar-refractivity contribution >= 4 is 46.3 Å². The van der Waals surface area contributed by atoms with Gasteiger partial charge in [-0.15, -0.1) is 0 Å². The van der Waals surface area contributed by atoms with Crippen molar-refractivity contribution in [2.24, 2.45) is 0 Å². The third-order valence-electron chi connectivity index (χ3n) is 4.30. The van der Waals surface area contributed by atoms with Gasteiger partial charge >= 0.3 is 6.03 Å². The average Bonchev–Trinajstić information content (AvgIpc) is 3.19. The number of imidazole rings is 1. The van der Waals surface area contributed by atoms with Gasteiger partial charge in [0.25, 0.3) is 0 Å². The molecule has 4 rings (SSSR count). The minimum atomic E-state index is -0.324. The van der Waals surface area contributed by atoms with Crippen molar-refractivity contribution in [3.63, 3.8) is 0 Å². The fourth-order valence-corrected chi connectivity index (χ4v) is 3.50. The second-order valence-corrected chi connectivity index (χ2v) is 7.81. The van der Waals surface area contributed by atoms with Crippen molar-refractivity contribution in [2.75, 3.05) is 12.4 Å². The minimum Gasteiger partial charge on any atom is -0.497 e. The highest BCUT2D eigenvalue weighted by atomic mass is 35.5. The molecular formula is C22H19ClN4O3S. The van der Waals surface area contributed by atoms with Crippen molar-refractivity contribution in [3.8, 4) is 11.5 Å². The van der Waals surface area contributed by atoms with Crippen LogP contribution in [0.4, 0.5) is 10.5 Å². The van der Waals surface area contributed by atoms with Gasteiger partial charge in [0.1, 0.15) is 23.9 Å². The SMILES string of the molecule is COc1ccc(SNC(=O)Nc2ccc(OCc3nc4ccc(Cl)cc4[nH]3)cc2)cc1. The molecule has 9 heteroatoms. The predicted molar refractivity (Wildman–Crippen MR) is 123 cm³/mol. The first-order valence-corrected chi connectivity index (χ1v) is 10.5. The van der Waals surface area contributed by atoms with Crippen molar-refractivity contribution in [2.45, 2.75) is 11.5 Å². The number of carbonyl (C=O) groups excluding carboxylic acids is 1. The zero-order valence-corrected chi connectivity index (χ0v) is 18.1. The molecule has 31 heavy (non-hydrogen) atoms. The summed E-state index contributed by atoms with van der Waals surface area (Å²) in [7, 11) is 1.61. The number of nitrogens with one attached hydrogen (secondary N) is 3. The van der Waals surface area contributed by atoms with E-state index in [-0.39, 0.29) is 12.6 Å². The van der Waals surface area contributed by atoms with Gasteiger partial charge in [0, 0.05) is 15.6 Å². The van der Waals surface area contributed by atoms with E-state index in [2.05, 4.69) is 20.0 Å². The van der Waals surface area contributed by atoms with E-state index in [1.165, 1.54) is 11.9 Å². The minimum absolute atomic E-state index is 0.290. The first-order valence-electron chi connectivity index (χ1n) is 9.34. The normalized spacial score (nSPS) is 10.6. The zero-order chi connectivity index (χ0) is 21.6. The summed E-state index contributed by atoms with van der Waals surface area (Å²) >= 11 is 7.21. The molecule has 3 N–H and O–H groups in total. The van der Waals surface area contributed by atoms with Gasteiger partial charge in [-0.3, -0.25) is 4.72 Å². The van der Waals surface area contributed by atoms with E-state index in [1.807, 2.05) is 36.4 Å². The average molecular weight is 455 g/mol. The first kappa shape index (κ1) is 20.9. The van der Waals surface area contributed by atoms with E-state index in [1.54, 1.807) is 37.4 Å². The molecule has 0 atom stereocenters. The Labute approximate surface area is 188 Å². The van der Waals surface area contributed by atoms with Crippen LogP contribution in [0.25, 0.3) is 11.0 Å². The number of carbonyl (C=O) groups is 1. The lowest BCUT2D eigenvalue weighted by Crippen LogP contribution is -2.22. The maximum absolute atomic E-state index is 12.1. The molecule has 0 aliphatic heterocycles. The number of aromatic amines is 1. The number of ether oxygens (including phenoxy) is 2. The van der Waals surface area contributed by atoms with Crippen LogP contribution in [-0.4, -0.2) is 23.1 Å². The second kappa shape index (κ2) is 9.63. The standard InChI is InChI=1S/C22H19ClN4O3S/c1-29-16-7-9-18(10-8-16)31-27-22(28)24-15-3-5-17(6-4-15)30-13-21-25-19-11-2-14(23)12-20(19)26-21/h2-12H,13H2,1H3,(H,25,26)(H2,24,27,28). The highest BCUT2D eigenvalue weighted by molar-refractivity contribution is 7.98. The summed E-state index contributed by atoms with van der Waals surface area (Å²) in [5.74, 6) is 2.13. The number of nitrogens with zero attached hydrogens (tertiary/aromatic N) is 1. The van der Waals surface area contributed by atoms with Gasteiger partial charge in [0.05, 0.1) is 18.1 Å². The van der Waals surface area contributed by atoms with Gasteiger partial charge in [-0.2, -0.15) is 0 Å². The maximum Gasteiger partial charge on any atom is 0.329 e. The Morgan fingerprint density at radius 1 is 1.06 bits per heavy atom. The smallest absolute Gasteiger partial charge is 0.329 e. The van der Waals surface area contributed by atoms with Crippen molar-refractivity contribution < 1.29 is 14.3 Å². The molecule has 0 saturated heterocycles. The van der Waals surface area contributed by atoms with Gasteiger partial charge < -0.3 is 19.8 Å². The molecule has 7 nitrogen and oxygen atoms in total. The van der Waals surface area contributed by atoms with E-state index in [4.69, 9.17) is 21.1 Å². The number of fused-ring (bicyclic) bond motifs is 1. The summed E-state index contributed by atoms with van der Waals surface area (Å²) in [5.41, 5.74) is 2.35. The molecule has 0 unspecified atom stereocenters. The van der Waals surface area contributed by atoms with Crippen LogP contribution in [0.5, 0.6) is 11.5 Å². The highest BCUT2D eigenvalue weighted by Gasteiger charge is 2.06. The number of aromatic nitrogens is 2. The van der Waals surface area contributed by atoms with Gasteiger partial charge in [0.2, 0.25) is 0 Å². The van der Waals surface area contributed by atoms with Crippen LogP contribution in [-0.2, 0) is 6.61 Å². The zero-order valence-electron chi connectivity index (χ0n) is 16.5. The number of hydrogen-bond acceptors (Lipinski definition) is 5. The second-order valence-electron chi connectivity index (χ2n) is 6.49. The quantitative estimate of drug-likeness (QED) is 0.315. The third-order valence-corrected chi connectivity index (χ3v) is 5.33. The molecule has 0 bridgehead atoms. The first-order chi connectivity index (χ1) is 15.1. The molecule has 0 saturated carbocycles. The van der Waals surface area contributed by atoms with Gasteiger partial charge in [0.15, 0.2) is 0 Å². The van der Waals surface area contributed by atoms with Gasteiger partial charge in [-0.1, -0.05) is 11.6 Å². The predicted octanol–water partition coefficient (Wildman–Crippen LogP) is 5.63. The third kappa shape index (κ3) is 5.62. The molecule has 4 aromatic rings. The van der Waals surface area contributed by atoms with Crippen LogP contribution >= 0.6 is 23.5 Å². The largest absolute Gasteiger partial charge is 0.497 e. The van der Waals surface area contributed by atoms with Crippen molar-refractivity contribution in [3.05, 3.63) is 77.6 Å². The fourth-order valence-electron chi connectivity index (χ4n) is 2.79. The Bertz CT molecular complexity index is 1180. The number of urea groups is 1. The fraction of sp³-hybridized carbons (Fsp3) is 0.0909. The summed E-state index contributed by atoms with van der Waals surface area (Å²) < 4.78 is 13.6. The molecular weight excluding hydrogens is 436 g/mol. The Morgan fingerprint density at radius 3 is 2.55 bits per heavy atom. The number of halogens is 1. The molecule has 0 radical (unpaired) electrons. The van der Waals surface area contributed by atoms with Gasteiger partial charge in [-0.25, -0.2) is 9.78 Å². The van der Waals surface area contributed by atoms with E-state index < -0.39 is 0 Å². The van der Waals surface area contributed by atoms with Crippen LogP contribution in [0.15, 0.2) is 71.6 Å². The van der Waals surface area contributed by atoms with E-state index >= 15 is 0 Å². The summed E-state index contributed by atoms with van der Waals surface area (Å²) in [6.07, 6.45) is 0. The monoisotopic (exact) mass is 454 g/mol. The highest BCUT2D eigenvalue weighted by Crippen LogP contribution is 2.21. The number of amides is 2. The Hall–Kier alpha value is -3.36. The molecule has 1 heterocycles. The molecule has 3 aromatic carbocycles.